The van der Waals surface area contributed by atoms with E-state index in [-0.39, 0.29) is 36.9 Å². The zero-order valence-corrected chi connectivity index (χ0v) is 13.9. The molecule has 0 aromatic carbocycles. The molecule has 1 N–H and O–H groups in total. The molecule has 2 rings (SSSR count). The van der Waals surface area contributed by atoms with Crippen LogP contribution in [-0.4, -0.2) is 59.4 Å². The predicted molar refractivity (Wildman–Crippen MR) is 80.1 cm³/mol. The van der Waals surface area contributed by atoms with Crippen molar-refractivity contribution >= 4 is 11.9 Å². The number of nitrogens with zero attached hydrogens (tertiary/aromatic N) is 1. The molecule has 0 aromatic rings. The number of rotatable bonds is 4. The molecule has 2 fully saturated rings. The van der Waals surface area contributed by atoms with E-state index >= 15 is 0 Å². The van der Waals surface area contributed by atoms with Crippen molar-refractivity contribution in [2.75, 3.05) is 20.3 Å². The highest BCUT2D eigenvalue weighted by Crippen LogP contribution is 2.47. The lowest BCUT2D eigenvalue weighted by molar-refractivity contribution is -0.156. The summed E-state index contributed by atoms with van der Waals surface area (Å²) in [5.41, 5.74) is -1.20. The zero-order chi connectivity index (χ0) is 16.5. The van der Waals surface area contributed by atoms with Gasteiger partial charge in [0.05, 0.1) is 20.1 Å². The maximum atomic E-state index is 12.3. The summed E-state index contributed by atoms with van der Waals surface area (Å²) in [6, 6.07) is -0.186. The van der Waals surface area contributed by atoms with Gasteiger partial charge >= 0.3 is 11.9 Å². The number of aliphatic hydroxyl groups is 1. The molecule has 2 saturated heterocycles. The highest BCUT2D eigenvalue weighted by molar-refractivity contribution is 5.82. The topological polar surface area (TPSA) is 76.1 Å². The van der Waals surface area contributed by atoms with Crippen LogP contribution >= 0.6 is 0 Å². The van der Waals surface area contributed by atoms with Gasteiger partial charge < -0.3 is 14.6 Å². The largest absolute Gasteiger partial charge is 0.468 e. The molecule has 2 heterocycles. The molecule has 0 unspecified atom stereocenters. The normalized spacial score (nSPS) is 31.9. The summed E-state index contributed by atoms with van der Waals surface area (Å²) in [7, 11) is 1.39. The third-order valence-corrected chi connectivity index (χ3v) is 4.68. The Bertz CT molecular complexity index is 444. The van der Waals surface area contributed by atoms with E-state index in [1.165, 1.54) is 7.11 Å². The van der Waals surface area contributed by atoms with Gasteiger partial charge in [-0.2, -0.15) is 0 Å². The first-order valence-electron chi connectivity index (χ1n) is 7.91. The van der Waals surface area contributed by atoms with Gasteiger partial charge in [-0.05, 0) is 52.5 Å². The maximum absolute atomic E-state index is 12.3. The van der Waals surface area contributed by atoms with Gasteiger partial charge in [-0.1, -0.05) is 0 Å². The summed E-state index contributed by atoms with van der Waals surface area (Å²) in [6.45, 7) is 6.18. The Balaban J connectivity index is 2.13. The Morgan fingerprint density at radius 2 is 2.05 bits per heavy atom. The molecule has 0 spiro atoms. The summed E-state index contributed by atoms with van der Waals surface area (Å²) in [4.78, 5) is 26.4. The zero-order valence-electron chi connectivity index (χ0n) is 13.9. The molecule has 22 heavy (non-hydrogen) atoms. The highest BCUT2D eigenvalue weighted by atomic mass is 16.6. The summed E-state index contributed by atoms with van der Waals surface area (Å²) in [5, 5.41) is 9.75. The standard InChI is InChI=1S/C16H27NO5/c1-15(2,3)22-13(19)8-11-9-16(14(20)21-4)6-5-7-17(16)12(11)10-18/h11-12,18H,5-10H2,1-4H3/t11-,12-,16+/m0/s1. The smallest absolute Gasteiger partial charge is 0.326 e. The summed E-state index contributed by atoms with van der Waals surface area (Å²) >= 11 is 0. The fraction of sp³-hybridized carbons (Fsp3) is 0.875. The Hall–Kier alpha value is -1.14. The van der Waals surface area contributed by atoms with E-state index < -0.39 is 11.1 Å². The molecule has 126 valence electrons. The first kappa shape index (κ1) is 17.2. The van der Waals surface area contributed by atoms with Crippen molar-refractivity contribution in [3.63, 3.8) is 0 Å². The molecule has 6 nitrogen and oxygen atoms in total. The van der Waals surface area contributed by atoms with Crippen molar-refractivity contribution in [3.8, 4) is 0 Å². The highest BCUT2D eigenvalue weighted by Gasteiger charge is 2.59. The summed E-state index contributed by atoms with van der Waals surface area (Å²) < 4.78 is 10.4. The number of carbonyl (C=O) groups excluding carboxylic acids is 2. The molecule has 0 bridgehead atoms. The van der Waals surface area contributed by atoms with Gasteiger partial charge in [0.15, 0.2) is 0 Å². The molecular formula is C16H27NO5. The van der Waals surface area contributed by atoms with Crippen molar-refractivity contribution in [2.45, 2.75) is 63.6 Å². The fourth-order valence-electron chi connectivity index (χ4n) is 3.97. The fourth-order valence-corrected chi connectivity index (χ4v) is 3.97. The Kier molecular flexibility index (Phi) is 4.82. The van der Waals surface area contributed by atoms with Crippen LogP contribution in [0.3, 0.4) is 0 Å². The number of hydrogen-bond donors (Lipinski definition) is 1. The first-order valence-corrected chi connectivity index (χ1v) is 7.91. The average Bonchev–Trinajstić information content (AvgIpc) is 2.92. The number of hydrogen-bond acceptors (Lipinski definition) is 6. The molecule has 0 radical (unpaired) electrons. The Morgan fingerprint density at radius 3 is 2.59 bits per heavy atom. The van der Waals surface area contributed by atoms with E-state index in [0.29, 0.717) is 6.42 Å². The third kappa shape index (κ3) is 3.13. The van der Waals surface area contributed by atoms with Crippen molar-refractivity contribution in [2.24, 2.45) is 5.92 Å². The lowest BCUT2D eigenvalue weighted by Crippen LogP contribution is -2.50. The van der Waals surface area contributed by atoms with E-state index in [2.05, 4.69) is 0 Å². The minimum atomic E-state index is -0.672. The number of aliphatic hydroxyl groups excluding tert-OH is 1. The van der Waals surface area contributed by atoms with Gasteiger partial charge in [0.2, 0.25) is 0 Å². The Morgan fingerprint density at radius 1 is 1.36 bits per heavy atom. The molecule has 0 aromatic heterocycles. The first-order chi connectivity index (χ1) is 10.2. The van der Waals surface area contributed by atoms with Crippen LogP contribution < -0.4 is 0 Å². The summed E-state index contributed by atoms with van der Waals surface area (Å²) in [5.74, 6) is -0.619. The van der Waals surface area contributed by atoms with Crippen LogP contribution in [0, 0.1) is 5.92 Å². The van der Waals surface area contributed by atoms with Crippen LogP contribution in [0.15, 0.2) is 0 Å². The third-order valence-electron chi connectivity index (χ3n) is 4.68. The van der Waals surface area contributed by atoms with Crippen molar-refractivity contribution in [3.05, 3.63) is 0 Å². The van der Waals surface area contributed by atoms with Gasteiger partial charge in [0.25, 0.3) is 0 Å². The molecule has 6 heteroatoms. The summed E-state index contributed by atoms with van der Waals surface area (Å²) in [6.07, 6.45) is 2.40. The lowest BCUT2D eigenvalue weighted by Gasteiger charge is -2.31. The van der Waals surface area contributed by atoms with Crippen molar-refractivity contribution in [1.82, 2.24) is 4.90 Å². The number of fused-ring (bicyclic) bond motifs is 1. The SMILES string of the molecule is COC(=O)[C@]12CCCN1[C@@H](CO)[C@@H](CC(=O)OC(C)(C)C)C2. The lowest BCUT2D eigenvalue weighted by atomic mass is 9.87. The van der Waals surface area contributed by atoms with Gasteiger partial charge in [-0.15, -0.1) is 0 Å². The molecule has 0 amide bonds. The minimum Gasteiger partial charge on any atom is -0.468 e. The molecular weight excluding hydrogens is 286 g/mol. The Labute approximate surface area is 131 Å². The molecule has 0 aliphatic carbocycles. The van der Waals surface area contributed by atoms with E-state index in [1.807, 2.05) is 25.7 Å². The quantitative estimate of drug-likeness (QED) is 0.784. The second kappa shape index (κ2) is 6.16. The van der Waals surface area contributed by atoms with Crippen LogP contribution in [0.1, 0.15) is 46.5 Å². The minimum absolute atomic E-state index is 0.0633. The number of methoxy groups -OCH3 is 1. The van der Waals surface area contributed by atoms with Gasteiger partial charge in [-0.3, -0.25) is 14.5 Å². The van der Waals surface area contributed by atoms with E-state index in [4.69, 9.17) is 9.47 Å². The maximum Gasteiger partial charge on any atom is 0.326 e. The van der Waals surface area contributed by atoms with E-state index in [1.54, 1.807) is 0 Å². The second-order valence-electron chi connectivity index (χ2n) is 7.32. The number of esters is 2. The van der Waals surface area contributed by atoms with Crippen LogP contribution in [0.2, 0.25) is 0 Å². The van der Waals surface area contributed by atoms with Gasteiger partial charge in [0.1, 0.15) is 11.1 Å². The van der Waals surface area contributed by atoms with E-state index in [0.717, 1.165) is 19.4 Å². The van der Waals surface area contributed by atoms with Crippen LogP contribution in [0.4, 0.5) is 0 Å². The molecule has 3 atom stereocenters. The van der Waals surface area contributed by atoms with Gasteiger partial charge in [0, 0.05) is 6.04 Å². The van der Waals surface area contributed by atoms with Crippen LogP contribution in [-0.2, 0) is 19.1 Å². The van der Waals surface area contributed by atoms with Crippen LogP contribution in [0.5, 0.6) is 0 Å². The van der Waals surface area contributed by atoms with Gasteiger partial charge in [-0.25, -0.2) is 0 Å². The van der Waals surface area contributed by atoms with Crippen molar-refractivity contribution < 1.29 is 24.2 Å². The molecule has 2 aliphatic heterocycles. The average molecular weight is 313 g/mol. The van der Waals surface area contributed by atoms with E-state index in [9.17, 15) is 14.7 Å². The number of carbonyl (C=O) groups is 2. The van der Waals surface area contributed by atoms with Crippen LogP contribution in [0.25, 0.3) is 0 Å². The monoisotopic (exact) mass is 313 g/mol. The number of ether oxygens (including phenoxy) is 2. The second-order valence-corrected chi connectivity index (χ2v) is 7.32. The molecule has 0 saturated carbocycles. The van der Waals surface area contributed by atoms with Crippen molar-refractivity contribution in [1.29, 1.82) is 0 Å². The molecule has 2 aliphatic rings. The predicted octanol–water partition coefficient (Wildman–Crippen LogP) is 1.11.